The molecule has 1 aliphatic rings. The molecule has 1 aliphatic heterocycles. The van der Waals surface area contributed by atoms with E-state index >= 15 is 0 Å². The molecule has 2 heterocycles. The molecule has 0 aliphatic carbocycles. The molecule has 5 nitrogen and oxygen atoms in total. The predicted molar refractivity (Wildman–Crippen MR) is 85.5 cm³/mol. The molecule has 3 rings (SSSR count). The lowest BCUT2D eigenvalue weighted by Crippen LogP contribution is -2.43. The lowest BCUT2D eigenvalue weighted by molar-refractivity contribution is 0.147. The zero-order chi connectivity index (χ0) is 14.8. The fourth-order valence-electron chi connectivity index (χ4n) is 2.65. The predicted octanol–water partition coefficient (Wildman–Crippen LogP) is 1.51. The van der Waals surface area contributed by atoms with Gasteiger partial charge in [0.15, 0.2) is 0 Å². The summed E-state index contributed by atoms with van der Waals surface area (Å²) in [4.78, 5) is 4.79. The first kappa shape index (κ1) is 14.1. The number of hydrogen-bond donors (Lipinski definition) is 1. The summed E-state index contributed by atoms with van der Waals surface area (Å²) in [5.74, 6) is 0.697. The molecule has 0 amide bonds. The molecule has 1 saturated heterocycles. The van der Waals surface area contributed by atoms with Crippen molar-refractivity contribution >= 4 is 5.82 Å². The highest BCUT2D eigenvalue weighted by atomic mass is 15.3. The van der Waals surface area contributed by atoms with Crippen molar-refractivity contribution in [3.05, 3.63) is 41.6 Å². The third-order valence-electron chi connectivity index (χ3n) is 4.05. The minimum absolute atomic E-state index is 0.697. The number of aromatic nitrogens is 2. The first-order chi connectivity index (χ1) is 10.1. The van der Waals surface area contributed by atoms with E-state index in [1.807, 2.05) is 10.7 Å². The van der Waals surface area contributed by atoms with E-state index in [9.17, 15) is 0 Å². The molecule has 0 bridgehead atoms. The van der Waals surface area contributed by atoms with Crippen LogP contribution in [0.15, 0.2) is 30.3 Å². The summed E-state index contributed by atoms with van der Waals surface area (Å²) in [7, 11) is 2.17. The van der Waals surface area contributed by atoms with Gasteiger partial charge in [0.1, 0.15) is 5.82 Å². The molecule has 21 heavy (non-hydrogen) atoms. The van der Waals surface area contributed by atoms with E-state index in [4.69, 9.17) is 5.73 Å². The number of nitrogens with zero attached hydrogens (tertiary/aromatic N) is 4. The minimum atomic E-state index is 0.697. The van der Waals surface area contributed by atoms with E-state index in [1.165, 1.54) is 5.56 Å². The molecule has 1 aromatic carbocycles. The molecule has 1 fully saturated rings. The van der Waals surface area contributed by atoms with Crippen LogP contribution in [-0.4, -0.2) is 52.8 Å². The van der Waals surface area contributed by atoms with Crippen molar-refractivity contribution in [1.82, 2.24) is 19.6 Å². The Labute approximate surface area is 126 Å². The van der Waals surface area contributed by atoms with Crippen LogP contribution in [-0.2, 0) is 6.54 Å². The largest absolute Gasteiger partial charge is 0.384 e. The molecule has 5 heteroatoms. The van der Waals surface area contributed by atoms with E-state index in [0.29, 0.717) is 5.82 Å². The maximum atomic E-state index is 6.11. The van der Waals surface area contributed by atoms with Crippen LogP contribution in [0.4, 0.5) is 5.82 Å². The highest BCUT2D eigenvalue weighted by Gasteiger charge is 2.16. The summed E-state index contributed by atoms with van der Waals surface area (Å²) in [6.07, 6.45) is 0. The first-order valence-corrected chi connectivity index (χ1v) is 7.44. The van der Waals surface area contributed by atoms with E-state index in [1.54, 1.807) is 0 Å². The highest BCUT2D eigenvalue weighted by molar-refractivity contribution is 5.43. The Morgan fingerprint density at radius 1 is 1.10 bits per heavy atom. The van der Waals surface area contributed by atoms with Gasteiger partial charge in [-0.1, -0.05) is 17.7 Å². The first-order valence-electron chi connectivity index (χ1n) is 7.44. The van der Waals surface area contributed by atoms with Gasteiger partial charge < -0.3 is 10.6 Å². The number of piperazine rings is 1. The van der Waals surface area contributed by atoms with Crippen LogP contribution < -0.4 is 5.73 Å². The molecule has 0 atom stereocenters. The van der Waals surface area contributed by atoms with Crippen LogP contribution >= 0.6 is 0 Å². The van der Waals surface area contributed by atoms with Gasteiger partial charge >= 0.3 is 0 Å². The Bertz CT molecular complexity index is 594. The van der Waals surface area contributed by atoms with Crippen LogP contribution in [0.5, 0.6) is 0 Å². The van der Waals surface area contributed by atoms with Crippen LogP contribution in [0.1, 0.15) is 11.3 Å². The molecule has 0 saturated carbocycles. The van der Waals surface area contributed by atoms with Gasteiger partial charge in [0.25, 0.3) is 0 Å². The molecule has 0 radical (unpaired) electrons. The van der Waals surface area contributed by atoms with Crippen LogP contribution in [0.3, 0.4) is 0 Å². The lowest BCUT2D eigenvalue weighted by atomic mass is 10.2. The summed E-state index contributed by atoms with van der Waals surface area (Å²) < 4.78 is 1.82. The average Bonchev–Trinajstić information content (AvgIpc) is 2.83. The van der Waals surface area contributed by atoms with Crippen molar-refractivity contribution < 1.29 is 0 Å². The average molecular weight is 285 g/mol. The van der Waals surface area contributed by atoms with Crippen molar-refractivity contribution in [2.45, 2.75) is 13.5 Å². The summed E-state index contributed by atoms with van der Waals surface area (Å²) >= 11 is 0. The number of anilines is 1. The number of rotatable bonds is 3. The number of likely N-dealkylation sites (N-methyl/N-ethyl adjacent to an activating group) is 1. The molecule has 112 valence electrons. The Balaban J connectivity index is 1.73. The minimum Gasteiger partial charge on any atom is -0.384 e. The number of benzene rings is 1. The normalized spacial score (nSPS) is 17.2. The Morgan fingerprint density at radius 2 is 1.76 bits per heavy atom. The van der Waals surface area contributed by atoms with Gasteiger partial charge in [-0.3, -0.25) is 4.90 Å². The van der Waals surface area contributed by atoms with E-state index < -0.39 is 0 Å². The monoisotopic (exact) mass is 285 g/mol. The standard InChI is InChI=1S/C16H23N5/c1-13-3-5-15(6-4-13)21-16(17)11-14(18-21)12-20-9-7-19(2)8-10-20/h3-6,11H,7-10,12,17H2,1-2H3. The second kappa shape index (κ2) is 5.87. The van der Waals surface area contributed by atoms with Gasteiger partial charge in [0.2, 0.25) is 0 Å². The van der Waals surface area contributed by atoms with Crippen molar-refractivity contribution in [3.63, 3.8) is 0 Å². The third-order valence-corrected chi connectivity index (χ3v) is 4.05. The Morgan fingerprint density at radius 3 is 2.43 bits per heavy atom. The second-order valence-electron chi connectivity index (χ2n) is 5.89. The third kappa shape index (κ3) is 3.25. The topological polar surface area (TPSA) is 50.3 Å². The SMILES string of the molecule is Cc1ccc(-n2nc(CN3CCN(C)CC3)cc2N)cc1. The molecular weight excluding hydrogens is 262 g/mol. The molecule has 2 aromatic rings. The fourth-order valence-corrected chi connectivity index (χ4v) is 2.65. The zero-order valence-corrected chi connectivity index (χ0v) is 12.8. The number of hydrogen-bond acceptors (Lipinski definition) is 4. The smallest absolute Gasteiger partial charge is 0.127 e. The maximum Gasteiger partial charge on any atom is 0.127 e. The van der Waals surface area contributed by atoms with Crippen LogP contribution in [0.25, 0.3) is 5.69 Å². The van der Waals surface area contributed by atoms with Crippen molar-refractivity contribution in [2.75, 3.05) is 39.0 Å². The lowest BCUT2D eigenvalue weighted by Gasteiger charge is -2.31. The summed E-state index contributed by atoms with van der Waals surface area (Å²) in [6, 6.07) is 10.3. The van der Waals surface area contributed by atoms with Gasteiger partial charge in [0.05, 0.1) is 11.4 Å². The number of aryl methyl sites for hydroxylation is 1. The highest BCUT2D eigenvalue weighted by Crippen LogP contribution is 2.16. The van der Waals surface area contributed by atoms with Gasteiger partial charge in [-0.05, 0) is 26.1 Å². The van der Waals surface area contributed by atoms with Gasteiger partial charge in [0, 0.05) is 38.8 Å². The fraction of sp³-hybridized carbons (Fsp3) is 0.438. The molecule has 0 unspecified atom stereocenters. The van der Waals surface area contributed by atoms with Crippen molar-refractivity contribution in [2.24, 2.45) is 0 Å². The van der Waals surface area contributed by atoms with E-state index in [0.717, 1.165) is 44.1 Å². The summed E-state index contributed by atoms with van der Waals surface area (Å²) in [6.45, 7) is 7.37. The summed E-state index contributed by atoms with van der Waals surface area (Å²) in [5, 5.41) is 4.66. The zero-order valence-electron chi connectivity index (χ0n) is 12.8. The number of nitrogens with two attached hydrogens (primary N) is 1. The van der Waals surface area contributed by atoms with Crippen molar-refractivity contribution in [1.29, 1.82) is 0 Å². The quantitative estimate of drug-likeness (QED) is 0.929. The van der Waals surface area contributed by atoms with Crippen LogP contribution in [0, 0.1) is 6.92 Å². The van der Waals surface area contributed by atoms with Crippen molar-refractivity contribution in [3.8, 4) is 5.69 Å². The molecular formula is C16H23N5. The Kier molecular flexibility index (Phi) is 3.94. The van der Waals surface area contributed by atoms with E-state index in [2.05, 4.69) is 53.1 Å². The van der Waals surface area contributed by atoms with Gasteiger partial charge in [-0.2, -0.15) is 5.10 Å². The van der Waals surface area contributed by atoms with Gasteiger partial charge in [-0.15, -0.1) is 0 Å². The summed E-state index contributed by atoms with van der Waals surface area (Å²) in [5.41, 5.74) is 9.41. The van der Waals surface area contributed by atoms with Gasteiger partial charge in [-0.25, -0.2) is 4.68 Å². The van der Waals surface area contributed by atoms with Crippen LogP contribution in [0.2, 0.25) is 0 Å². The van der Waals surface area contributed by atoms with E-state index in [-0.39, 0.29) is 0 Å². The maximum absolute atomic E-state index is 6.11. The molecule has 2 N–H and O–H groups in total. The molecule has 1 aromatic heterocycles. The Hall–Kier alpha value is -1.85. The number of nitrogen functional groups attached to an aromatic ring is 1. The molecule has 0 spiro atoms. The second-order valence-corrected chi connectivity index (χ2v) is 5.89.